The van der Waals surface area contributed by atoms with Crippen molar-refractivity contribution in [3.8, 4) is 5.75 Å². The van der Waals surface area contributed by atoms with Gasteiger partial charge in [-0.3, -0.25) is 9.89 Å². The lowest BCUT2D eigenvalue weighted by molar-refractivity contribution is 0.102. The summed E-state index contributed by atoms with van der Waals surface area (Å²) in [5.74, 6) is 0.527. The molecule has 0 saturated carbocycles. The molecule has 0 aliphatic heterocycles. The molecule has 6 heteroatoms. The Morgan fingerprint density at radius 2 is 2.16 bits per heavy atom. The highest BCUT2D eigenvalue weighted by molar-refractivity contribution is 6.07. The minimum absolute atomic E-state index is 0.0250. The quantitative estimate of drug-likeness (QED) is 0.784. The van der Waals surface area contributed by atoms with E-state index in [2.05, 4.69) is 15.5 Å². The number of aromatic nitrogens is 2. The molecule has 0 fully saturated rings. The van der Waals surface area contributed by atoms with Crippen molar-refractivity contribution in [2.24, 2.45) is 0 Å². The van der Waals surface area contributed by atoms with Crippen LogP contribution in [0.25, 0.3) is 0 Å². The van der Waals surface area contributed by atoms with Crippen molar-refractivity contribution in [3.05, 3.63) is 36.0 Å². The minimum atomic E-state index is -0.328. The Morgan fingerprint density at radius 3 is 2.79 bits per heavy atom. The van der Waals surface area contributed by atoms with Gasteiger partial charge in [-0.25, -0.2) is 0 Å². The number of nitrogens with two attached hydrogens (primary N) is 1. The monoisotopic (exact) mass is 260 g/mol. The summed E-state index contributed by atoms with van der Waals surface area (Å²) in [6.45, 7) is 3.85. The highest BCUT2D eigenvalue weighted by Crippen LogP contribution is 2.25. The second-order valence-corrected chi connectivity index (χ2v) is 4.31. The molecule has 100 valence electrons. The van der Waals surface area contributed by atoms with Crippen molar-refractivity contribution in [1.82, 2.24) is 10.2 Å². The third-order valence-electron chi connectivity index (χ3n) is 2.41. The van der Waals surface area contributed by atoms with E-state index in [0.717, 1.165) is 0 Å². The molecule has 1 heterocycles. The van der Waals surface area contributed by atoms with Crippen LogP contribution in [0, 0.1) is 0 Å². The van der Waals surface area contributed by atoms with Crippen LogP contribution in [0.4, 0.5) is 11.5 Å². The third-order valence-corrected chi connectivity index (χ3v) is 2.41. The molecule has 1 amide bonds. The van der Waals surface area contributed by atoms with Gasteiger partial charge < -0.3 is 15.8 Å². The Balaban J connectivity index is 2.19. The number of benzene rings is 1. The van der Waals surface area contributed by atoms with Crippen molar-refractivity contribution >= 4 is 17.4 Å². The molecule has 0 unspecified atom stereocenters. The molecule has 1 aromatic carbocycles. The Labute approximate surface area is 111 Å². The summed E-state index contributed by atoms with van der Waals surface area (Å²) in [4.78, 5) is 12.0. The van der Waals surface area contributed by atoms with E-state index >= 15 is 0 Å². The molecule has 19 heavy (non-hydrogen) atoms. The number of aromatic amines is 1. The predicted molar refractivity (Wildman–Crippen MR) is 73.2 cm³/mol. The zero-order valence-corrected chi connectivity index (χ0v) is 10.8. The number of rotatable bonds is 4. The molecule has 2 aromatic rings. The third kappa shape index (κ3) is 3.04. The van der Waals surface area contributed by atoms with E-state index in [-0.39, 0.29) is 17.8 Å². The number of ether oxygens (including phenoxy) is 1. The Hall–Kier alpha value is -2.50. The molecule has 0 saturated heterocycles. The molecule has 0 aliphatic rings. The number of hydrogen-bond donors (Lipinski definition) is 3. The van der Waals surface area contributed by atoms with E-state index in [1.165, 1.54) is 6.20 Å². The summed E-state index contributed by atoms with van der Waals surface area (Å²) >= 11 is 0. The molecule has 6 nitrogen and oxygen atoms in total. The van der Waals surface area contributed by atoms with Gasteiger partial charge in [0.15, 0.2) is 0 Å². The molecule has 0 spiro atoms. The van der Waals surface area contributed by atoms with Crippen molar-refractivity contribution in [1.29, 1.82) is 0 Å². The topological polar surface area (TPSA) is 93.0 Å². The van der Waals surface area contributed by atoms with E-state index in [9.17, 15) is 4.79 Å². The lowest BCUT2D eigenvalue weighted by Crippen LogP contribution is -2.15. The maximum absolute atomic E-state index is 12.0. The lowest BCUT2D eigenvalue weighted by atomic mass is 10.2. The number of nitrogen functional groups attached to an aromatic ring is 1. The minimum Gasteiger partial charge on any atom is -0.489 e. The lowest BCUT2D eigenvalue weighted by Gasteiger charge is -2.14. The number of H-pyrrole nitrogens is 1. The molecular formula is C13H16N4O2. The van der Waals surface area contributed by atoms with Crippen molar-refractivity contribution in [3.63, 3.8) is 0 Å². The van der Waals surface area contributed by atoms with Gasteiger partial charge >= 0.3 is 0 Å². The van der Waals surface area contributed by atoms with Gasteiger partial charge in [0.1, 0.15) is 17.1 Å². The fraction of sp³-hybridized carbons (Fsp3) is 0.231. The second kappa shape index (κ2) is 5.43. The highest BCUT2D eigenvalue weighted by Gasteiger charge is 2.14. The molecule has 0 aliphatic carbocycles. The van der Waals surface area contributed by atoms with E-state index in [1.54, 1.807) is 12.1 Å². The van der Waals surface area contributed by atoms with Crippen LogP contribution in [0.1, 0.15) is 24.2 Å². The van der Waals surface area contributed by atoms with Gasteiger partial charge in [0, 0.05) is 0 Å². The molecule has 1 aromatic heterocycles. The molecule has 2 rings (SSSR count). The first-order valence-electron chi connectivity index (χ1n) is 5.94. The van der Waals surface area contributed by atoms with Crippen molar-refractivity contribution < 1.29 is 9.53 Å². The van der Waals surface area contributed by atoms with Gasteiger partial charge in [-0.05, 0) is 26.0 Å². The zero-order chi connectivity index (χ0) is 13.8. The number of anilines is 2. The smallest absolute Gasteiger partial charge is 0.261 e. The second-order valence-electron chi connectivity index (χ2n) is 4.31. The summed E-state index contributed by atoms with van der Waals surface area (Å²) in [5, 5.41) is 8.99. The normalized spacial score (nSPS) is 10.5. The van der Waals surface area contributed by atoms with Crippen LogP contribution in [0.2, 0.25) is 0 Å². The van der Waals surface area contributed by atoms with Gasteiger partial charge in [-0.2, -0.15) is 5.10 Å². The van der Waals surface area contributed by atoms with Crippen LogP contribution >= 0.6 is 0 Å². The standard InChI is InChI=1S/C13H16N4O2/c1-8(2)19-11-6-4-3-5-10(11)16-13(18)9-7-15-17-12(9)14/h3-8H,1-2H3,(H,16,18)(H3,14,15,17). The maximum Gasteiger partial charge on any atom is 0.261 e. The number of amides is 1. The zero-order valence-electron chi connectivity index (χ0n) is 10.8. The fourth-order valence-corrected chi connectivity index (χ4v) is 1.59. The summed E-state index contributed by atoms with van der Waals surface area (Å²) < 4.78 is 5.62. The van der Waals surface area contributed by atoms with Crippen molar-refractivity contribution in [2.45, 2.75) is 20.0 Å². The average Bonchev–Trinajstić information content (AvgIpc) is 2.77. The maximum atomic E-state index is 12.0. The predicted octanol–water partition coefficient (Wildman–Crippen LogP) is 2.03. The van der Waals surface area contributed by atoms with E-state index in [1.807, 2.05) is 26.0 Å². The molecule has 4 N–H and O–H groups in total. The largest absolute Gasteiger partial charge is 0.489 e. The fourth-order valence-electron chi connectivity index (χ4n) is 1.59. The van der Waals surface area contributed by atoms with E-state index in [0.29, 0.717) is 17.0 Å². The van der Waals surface area contributed by atoms with Gasteiger partial charge in [0.2, 0.25) is 0 Å². The van der Waals surface area contributed by atoms with Crippen LogP contribution in [0.5, 0.6) is 5.75 Å². The number of para-hydroxylation sites is 2. The van der Waals surface area contributed by atoms with E-state index < -0.39 is 0 Å². The van der Waals surface area contributed by atoms with Crippen LogP contribution in [-0.2, 0) is 0 Å². The first kappa shape index (κ1) is 12.9. The first-order valence-corrected chi connectivity index (χ1v) is 5.94. The number of nitrogens with one attached hydrogen (secondary N) is 2. The van der Waals surface area contributed by atoms with Crippen LogP contribution < -0.4 is 15.8 Å². The molecule has 0 bridgehead atoms. The Kier molecular flexibility index (Phi) is 3.70. The molecular weight excluding hydrogens is 244 g/mol. The molecule has 0 radical (unpaired) electrons. The van der Waals surface area contributed by atoms with Gasteiger partial charge in [-0.1, -0.05) is 12.1 Å². The summed E-state index contributed by atoms with van der Waals surface area (Å²) in [6.07, 6.45) is 1.41. The Morgan fingerprint density at radius 1 is 1.42 bits per heavy atom. The first-order chi connectivity index (χ1) is 9.08. The number of nitrogens with zero attached hydrogens (tertiary/aromatic N) is 1. The van der Waals surface area contributed by atoms with Crippen LogP contribution in [0.3, 0.4) is 0 Å². The summed E-state index contributed by atoms with van der Waals surface area (Å²) in [5.41, 5.74) is 6.51. The van der Waals surface area contributed by atoms with Gasteiger partial charge in [0.05, 0.1) is 18.0 Å². The van der Waals surface area contributed by atoms with Crippen LogP contribution in [0.15, 0.2) is 30.5 Å². The average molecular weight is 260 g/mol. The van der Waals surface area contributed by atoms with Crippen LogP contribution in [-0.4, -0.2) is 22.2 Å². The number of hydrogen-bond acceptors (Lipinski definition) is 4. The van der Waals surface area contributed by atoms with E-state index in [4.69, 9.17) is 10.5 Å². The van der Waals surface area contributed by atoms with Gasteiger partial charge in [0.25, 0.3) is 5.91 Å². The molecule has 0 atom stereocenters. The highest BCUT2D eigenvalue weighted by atomic mass is 16.5. The van der Waals surface area contributed by atoms with Crippen molar-refractivity contribution in [2.75, 3.05) is 11.1 Å². The Bertz CT molecular complexity index is 578. The summed E-state index contributed by atoms with van der Waals surface area (Å²) in [7, 11) is 0. The summed E-state index contributed by atoms with van der Waals surface area (Å²) in [6, 6.07) is 7.24. The number of carbonyl (C=O) groups excluding carboxylic acids is 1. The number of carbonyl (C=O) groups is 1. The van der Waals surface area contributed by atoms with Gasteiger partial charge in [-0.15, -0.1) is 0 Å². The SMILES string of the molecule is CC(C)Oc1ccccc1NC(=O)c1cn[nH]c1N.